The Bertz CT molecular complexity index is 232. The summed E-state index contributed by atoms with van der Waals surface area (Å²) in [6.07, 6.45) is 4.10. The maximum Gasteiger partial charge on any atom is 0.0771 e. The normalized spacial score (nSPS) is 13.9. The molecule has 2 nitrogen and oxygen atoms in total. The second-order valence-electron chi connectivity index (χ2n) is 8.39. The first-order valence-electron chi connectivity index (χ1n) is 8.75. The maximum absolute atomic E-state index is 9.48. The van der Waals surface area contributed by atoms with E-state index in [0.717, 1.165) is 25.4 Å². The lowest BCUT2D eigenvalue weighted by Gasteiger charge is -2.36. The van der Waals surface area contributed by atoms with Gasteiger partial charge in [0.15, 0.2) is 0 Å². The van der Waals surface area contributed by atoms with E-state index in [4.69, 9.17) is 4.74 Å². The molecule has 0 rings (SSSR count). The predicted molar refractivity (Wildman–Crippen MR) is 94.7 cm³/mol. The lowest BCUT2D eigenvalue weighted by Crippen LogP contribution is -2.29. The highest BCUT2D eigenvalue weighted by Gasteiger charge is 2.29. The highest BCUT2D eigenvalue weighted by atomic mass is 16.5. The first kappa shape index (κ1) is 23.2. The minimum atomic E-state index is -0.315. The molecule has 0 saturated carbocycles. The quantitative estimate of drug-likeness (QED) is 0.594. The molecule has 0 heterocycles. The molecule has 2 heteroatoms. The van der Waals surface area contributed by atoms with Crippen LogP contribution in [0.1, 0.15) is 88.0 Å². The number of ether oxygens (including phenoxy) is 1. The van der Waals surface area contributed by atoms with Gasteiger partial charge < -0.3 is 9.84 Å². The summed E-state index contributed by atoms with van der Waals surface area (Å²) in [6, 6.07) is 0. The molecule has 1 atom stereocenters. The zero-order valence-corrected chi connectivity index (χ0v) is 16.3. The van der Waals surface area contributed by atoms with Crippen LogP contribution in [0.15, 0.2) is 0 Å². The van der Waals surface area contributed by atoms with Crippen molar-refractivity contribution in [3.63, 3.8) is 0 Å². The van der Waals surface area contributed by atoms with Gasteiger partial charge in [-0.15, -0.1) is 0 Å². The van der Waals surface area contributed by atoms with Crippen LogP contribution in [-0.4, -0.2) is 24.4 Å². The van der Waals surface area contributed by atoms with Crippen LogP contribution in [0, 0.1) is 16.7 Å². The summed E-state index contributed by atoms with van der Waals surface area (Å²) in [5.41, 5.74) is 0.524. The molecule has 0 aliphatic rings. The van der Waals surface area contributed by atoms with Crippen LogP contribution >= 0.6 is 0 Å². The van der Waals surface area contributed by atoms with Crippen molar-refractivity contribution in [2.75, 3.05) is 13.2 Å². The number of hydrogen-bond donors (Lipinski definition) is 1. The molecule has 0 aliphatic heterocycles. The van der Waals surface area contributed by atoms with E-state index in [-0.39, 0.29) is 11.5 Å². The average Bonchev–Trinajstić information content (AvgIpc) is 2.25. The van der Waals surface area contributed by atoms with Crippen molar-refractivity contribution in [2.24, 2.45) is 16.7 Å². The molecule has 0 saturated heterocycles. The summed E-state index contributed by atoms with van der Waals surface area (Å²) >= 11 is 0. The fourth-order valence-corrected chi connectivity index (χ4v) is 3.11. The Balaban J connectivity index is 0. The zero-order valence-electron chi connectivity index (χ0n) is 16.3. The van der Waals surface area contributed by atoms with Crippen molar-refractivity contribution in [3.05, 3.63) is 0 Å². The van der Waals surface area contributed by atoms with Gasteiger partial charge in [-0.2, -0.15) is 0 Å². The van der Waals surface area contributed by atoms with E-state index in [1.165, 1.54) is 12.8 Å². The second kappa shape index (κ2) is 11.5. The van der Waals surface area contributed by atoms with Crippen LogP contribution in [-0.2, 0) is 4.74 Å². The summed E-state index contributed by atoms with van der Waals surface area (Å²) in [4.78, 5) is 0. The third kappa shape index (κ3) is 16.1. The highest BCUT2D eigenvalue weighted by Crippen LogP contribution is 2.38. The van der Waals surface area contributed by atoms with Crippen LogP contribution in [0.25, 0.3) is 0 Å². The smallest absolute Gasteiger partial charge is 0.0771 e. The highest BCUT2D eigenvalue weighted by molar-refractivity contribution is 4.80. The third-order valence-electron chi connectivity index (χ3n) is 3.19. The Morgan fingerprint density at radius 2 is 1.43 bits per heavy atom. The van der Waals surface area contributed by atoms with E-state index in [1.807, 2.05) is 6.92 Å². The van der Waals surface area contributed by atoms with Crippen molar-refractivity contribution < 1.29 is 9.84 Å². The van der Waals surface area contributed by atoms with Gasteiger partial charge >= 0.3 is 0 Å². The summed E-state index contributed by atoms with van der Waals surface area (Å²) in [5, 5.41) is 9.48. The zero-order chi connectivity index (χ0) is 17.1. The van der Waals surface area contributed by atoms with Gasteiger partial charge in [-0.25, -0.2) is 0 Å². The molecule has 1 unspecified atom stereocenters. The Kier molecular flexibility index (Phi) is 12.7. The van der Waals surface area contributed by atoms with Crippen molar-refractivity contribution >= 4 is 0 Å². The molecule has 0 spiro atoms. The molecule has 0 aromatic carbocycles. The lowest BCUT2D eigenvalue weighted by atomic mass is 9.72. The first-order valence-corrected chi connectivity index (χ1v) is 8.75. The molecule has 21 heavy (non-hydrogen) atoms. The summed E-state index contributed by atoms with van der Waals surface area (Å²) in [7, 11) is 0. The molecule has 0 aromatic rings. The molecule has 0 aliphatic carbocycles. The van der Waals surface area contributed by atoms with E-state index in [0.29, 0.717) is 12.0 Å². The van der Waals surface area contributed by atoms with Gasteiger partial charge in [0.05, 0.1) is 19.3 Å². The van der Waals surface area contributed by atoms with Crippen molar-refractivity contribution in [3.8, 4) is 0 Å². The minimum Gasteiger partial charge on any atom is -0.391 e. The molecule has 0 aromatic heterocycles. The molecular formula is C19H42O2. The van der Waals surface area contributed by atoms with E-state index < -0.39 is 0 Å². The number of hydrogen-bond acceptors (Lipinski definition) is 2. The Hall–Kier alpha value is -0.0800. The first-order chi connectivity index (χ1) is 9.49. The monoisotopic (exact) mass is 302 g/mol. The molecule has 1 N–H and O–H groups in total. The van der Waals surface area contributed by atoms with Crippen LogP contribution in [0.3, 0.4) is 0 Å². The number of aliphatic hydroxyl groups excluding tert-OH is 1. The van der Waals surface area contributed by atoms with Crippen molar-refractivity contribution in [2.45, 2.75) is 94.1 Å². The fraction of sp³-hybridized carbons (Fsp3) is 1.00. The summed E-state index contributed by atoms with van der Waals surface area (Å²) in [6.45, 7) is 21.2. The minimum absolute atomic E-state index is 0.172. The van der Waals surface area contributed by atoms with Crippen LogP contribution in [0.2, 0.25) is 0 Å². The summed E-state index contributed by atoms with van der Waals surface area (Å²) in [5.74, 6) is 0.735. The van der Waals surface area contributed by atoms with E-state index >= 15 is 0 Å². The largest absolute Gasteiger partial charge is 0.391 e. The van der Waals surface area contributed by atoms with Crippen molar-refractivity contribution in [1.82, 2.24) is 0 Å². The fourth-order valence-electron chi connectivity index (χ4n) is 3.11. The van der Waals surface area contributed by atoms with Gasteiger partial charge in [-0.3, -0.25) is 0 Å². The van der Waals surface area contributed by atoms with Gasteiger partial charge in [0, 0.05) is 0 Å². The maximum atomic E-state index is 9.48. The van der Waals surface area contributed by atoms with E-state index in [2.05, 4.69) is 55.4 Å². The van der Waals surface area contributed by atoms with Gasteiger partial charge in [-0.1, -0.05) is 68.7 Å². The lowest BCUT2D eigenvalue weighted by molar-refractivity contribution is -0.0124. The molecule has 0 fully saturated rings. The number of aliphatic hydroxyl groups is 1. The van der Waals surface area contributed by atoms with E-state index in [1.54, 1.807) is 0 Å². The third-order valence-corrected chi connectivity index (χ3v) is 3.19. The number of rotatable bonds is 9. The predicted octanol–water partition coefficient (Wildman–Crippen LogP) is 5.68. The van der Waals surface area contributed by atoms with Crippen LogP contribution < -0.4 is 0 Å². The van der Waals surface area contributed by atoms with Gasteiger partial charge in [-0.05, 0) is 36.0 Å². The summed E-state index contributed by atoms with van der Waals surface area (Å²) < 4.78 is 5.65. The SMILES string of the molecule is CCC.CCC(O)COCC(C)(C)CC(C)(C)CC(C)C. The molecule has 130 valence electrons. The average molecular weight is 303 g/mol. The standard InChI is InChI=1S/C16H34O2.C3H8/c1-8-14(17)10-18-12-16(6,7)11-15(4,5)9-13(2)3;1-3-2/h13-14,17H,8-12H2,1-7H3;3H2,1-2H3. The van der Waals surface area contributed by atoms with Gasteiger partial charge in [0.2, 0.25) is 0 Å². The second-order valence-corrected chi connectivity index (χ2v) is 8.39. The Morgan fingerprint density at radius 1 is 0.952 bits per heavy atom. The van der Waals surface area contributed by atoms with Crippen molar-refractivity contribution in [1.29, 1.82) is 0 Å². The molecule has 0 radical (unpaired) electrons. The van der Waals surface area contributed by atoms with Gasteiger partial charge in [0.1, 0.15) is 0 Å². The van der Waals surface area contributed by atoms with Gasteiger partial charge in [0.25, 0.3) is 0 Å². The van der Waals surface area contributed by atoms with Crippen LogP contribution in [0.4, 0.5) is 0 Å². The Labute approximate surface area is 134 Å². The van der Waals surface area contributed by atoms with Crippen LogP contribution in [0.5, 0.6) is 0 Å². The molecule has 0 bridgehead atoms. The van der Waals surface area contributed by atoms with E-state index in [9.17, 15) is 5.11 Å². The Morgan fingerprint density at radius 3 is 1.81 bits per heavy atom. The molecular weight excluding hydrogens is 260 g/mol. The topological polar surface area (TPSA) is 29.5 Å². The molecule has 0 amide bonds.